The van der Waals surface area contributed by atoms with Crippen molar-refractivity contribution >= 4 is 23.5 Å². The number of pyridine rings is 1. The van der Waals surface area contributed by atoms with E-state index in [2.05, 4.69) is 15.4 Å². The molecule has 1 aromatic carbocycles. The highest BCUT2D eigenvalue weighted by atomic mass is 16.2. The first-order chi connectivity index (χ1) is 12.1. The first kappa shape index (κ1) is 15.0. The number of fused-ring (bicyclic) bond motifs is 1. The normalized spacial score (nSPS) is 15.2. The smallest absolute Gasteiger partial charge is 0.262 e. The van der Waals surface area contributed by atoms with Gasteiger partial charge < -0.3 is 0 Å². The molecule has 0 saturated carbocycles. The van der Waals surface area contributed by atoms with E-state index in [1.54, 1.807) is 29.2 Å². The Morgan fingerprint density at radius 2 is 1.84 bits per heavy atom. The van der Waals surface area contributed by atoms with Crippen molar-refractivity contribution in [3.05, 3.63) is 77.4 Å². The minimum Gasteiger partial charge on any atom is -0.288 e. The van der Waals surface area contributed by atoms with Gasteiger partial charge in [-0.25, -0.2) is 4.68 Å². The van der Waals surface area contributed by atoms with Gasteiger partial charge in [-0.15, -0.1) is 0 Å². The second kappa shape index (κ2) is 5.83. The number of para-hydroxylation sites is 1. The molecule has 3 aromatic rings. The molecule has 1 aliphatic rings. The van der Waals surface area contributed by atoms with E-state index in [0.717, 1.165) is 11.3 Å². The second-order valence-corrected chi connectivity index (χ2v) is 5.68. The Morgan fingerprint density at radius 1 is 1.04 bits per heavy atom. The predicted octanol–water partition coefficient (Wildman–Crippen LogP) is 2.39. The van der Waals surface area contributed by atoms with Crippen LogP contribution in [0.15, 0.2) is 54.9 Å². The molecule has 122 valence electrons. The van der Waals surface area contributed by atoms with E-state index in [9.17, 15) is 9.59 Å². The molecule has 1 aliphatic heterocycles. The number of hydrogen-bond donors (Lipinski definition) is 1. The van der Waals surface area contributed by atoms with Gasteiger partial charge in [0.2, 0.25) is 0 Å². The van der Waals surface area contributed by atoms with Crippen LogP contribution in [0.3, 0.4) is 0 Å². The van der Waals surface area contributed by atoms with E-state index in [4.69, 9.17) is 0 Å². The van der Waals surface area contributed by atoms with Crippen LogP contribution < -0.4 is 5.32 Å². The lowest BCUT2D eigenvalue weighted by molar-refractivity contribution is -0.114. The summed E-state index contributed by atoms with van der Waals surface area (Å²) in [5, 5.41) is 6.94. The van der Waals surface area contributed by atoms with Crippen LogP contribution in [0.2, 0.25) is 0 Å². The van der Waals surface area contributed by atoms with Crippen LogP contribution in [0.4, 0.5) is 0 Å². The van der Waals surface area contributed by atoms with Crippen LogP contribution in [0.5, 0.6) is 0 Å². The van der Waals surface area contributed by atoms with Crippen molar-refractivity contribution in [1.82, 2.24) is 20.1 Å². The standard InChI is InChI=1S/C19H14N4O2/c1-12-16-17(22-23(12)14-7-3-2-4-8-14)15(18(24)21-19(16)25)10-13-6-5-9-20-11-13/h2-11H,1H3,(H,21,24,25)/b15-10+. The fourth-order valence-corrected chi connectivity index (χ4v) is 2.89. The third-order valence-corrected chi connectivity index (χ3v) is 4.07. The lowest BCUT2D eigenvalue weighted by atomic mass is 9.99. The summed E-state index contributed by atoms with van der Waals surface area (Å²) in [6.45, 7) is 1.82. The summed E-state index contributed by atoms with van der Waals surface area (Å²) >= 11 is 0. The van der Waals surface area contributed by atoms with E-state index in [0.29, 0.717) is 22.5 Å². The number of hydrogen-bond acceptors (Lipinski definition) is 4. The number of rotatable bonds is 2. The van der Waals surface area contributed by atoms with Crippen molar-refractivity contribution in [2.24, 2.45) is 0 Å². The molecule has 0 aliphatic carbocycles. The van der Waals surface area contributed by atoms with Gasteiger partial charge in [0, 0.05) is 12.4 Å². The second-order valence-electron chi connectivity index (χ2n) is 5.68. The Kier molecular flexibility index (Phi) is 3.50. The molecule has 6 nitrogen and oxygen atoms in total. The van der Waals surface area contributed by atoms with Crippen molar-refractivity contribution in [2.75, 3.05) is 0 Å². The highest BCUT2D eigenvalue weighted by Gasteiger charge is 2.33. The number of aromatic nitrogens is 3. The molecule has 0 saturated heterocycles. The maximum absolute atomic E-state index is 12.4. The Hall–Kier alpha value is -3.54. The van der Waals surface area contributed by atoms with E-state index in [1.807, 2.05) is 43.3 Å². The Balaban J connectivity index is 1.92. The van der Waals surface area contributed by atoms with Gasteiger partial charge in [-0.2, -0.15) is 5.10 Å². The van der Waals surface area contributed by atoms with Crippen LogP contribution in [-0.2, 0) is 4.79 Å². The minimum absolute atomic E-state index is 0.348. The summed E-state index contributed by atoms with van der Waals surface area (Å²) in [4.78, 5) is 28.7. The van der Waals surface area contributed by atoms with Gasteiger partial charge in [0.05, 0.1) is 22.5 Å². The monoisotopic (exact) mass is 330 g/mol. The number of amides is 2. The lowest BCUT2D eigenvalue weighted by Crippen LogP contribution is -2.36. The summed E-state index contributed by atoms with van der Waals surface area (Å²) in [7, 11) is 0. The van der Waals surface area contributed by atoms with Gasteiger partial charge in [0.1, 0.15) is 5.69 Å². The summed E-state index contributed by atoms with van der Waals surface area (Å²) in [6.07, 6.45) is 5.00. The number of carbonyl (C=O) groups is 2. The lowest BCUT2D eigenvalue weighted by Gasteiger charge is -2.13. The molecule has 25 heavy (non-hydrogen) atoms. The summed E-state index contributed by atoms with van der Waals surface area (Å²) in [5.41, 5.74) is 3.43. The number of nitrogens with zero attached hydrogens (tertiary/aromatic N) is 3. The average Bonchev–Trinajstić information content (AvgIpc) is 2.98. The van der Waals surface area contributed by atoms with E-state index < -0.39 is 11.8 Å². The Morgan fingerprint density at radius 3 is 2.56 bits per heavy atom. The van der Waals surface area contributed by atoms with Gasteiger partial charge in [0.15, 0.2) is 0 Å². The van der Waals surface area contributed by atoms with E-state index in [-0.39, 0.29) is 0 Å². The number of imide groups is 1. The average molecular weight is 330 g/mol. The third-order valence-electron chi connectivity index (χ3n) is 4.07. The molecule has 2 aromatic heterocycles. The van der Waals surface area contributed by atoms with Gasteiger partial charge in [-0.05, 0) is 36.8 Å². The molecule has 0 bridgehead atoms. The maximum atomic E-state index is 12.4. The first-order valence-electron chi connectivity index (χ1n) is 7.78. The fourth-order valence-electron chi connectivity index (χ4n) is 2.89. The van der Waals surface area contributed by atoms with Crippen molar-refractivity contribution in [2.45, 2.75) is 6.92 Å². The van der Waals surface area contributed by atoms with E-state index >= 15 is 0 Å². The number of benzene rings is 1. The molecule has 4 rings (SSSR count). The first-order valence-corrected chi connectivity index (χ1v) is 7.78. The molecule has 3 heterocycles. The van der Waals surface area contributed by atoms with Crippen molar-refractivity contribution in [3.63, 3.8) is 0 Å². The third kappa shape index (κ3) is 2.53. The molecule has 0 unspecified atom stereocenters. The SMILES string of the molecule is Cc1c2c(nn1-c1ccccc1)/C(=C\c1cccnc1)C(=O)NC2=O. The minimum atomic E-state index is -0.459. The molecule has 2 amide bonds. The summed E-state index contributed by atoms with van der Waals surface area (Å²) in [6, 6.07) is 13.1. The molecule has 0 atom stereocenters. The van der Waals surface area contributed by atoms with Crippen molar-refractivity contribution in [1.29, 1.82) is 0 Å². The number of carbonyl (C=O) groups excluding carboxylic acids is 2. The topological polar surface area (TPSA) is 76.9 Å². The van der Waals surface area contributed by atoms with Crippen LogP contribution in [0.1, 0.15) is 27.3 Å². The molecule has 0 spiro atoms. The van der Waals surface area contributed by atoms with E-state index in [1.165, 1.54) is 0 Å². The van der Waals surface area contributed by atoms with Crippen molar-refractivity contribution in [3.8, 4) is 5.69 Å². The van der Waals surface area contributed by atoms with Gasteiger partial charge in [-0.3, -0.25) is 19.9 Å². The molecular weight excluding hydrogens is 316 g/mol. The summed E-state index contributed by atoms with van der Waals surface area (Å²) < 4.78 is 1.68. The highest BCUT2D eigenvalue weighted by molar-refractivity contribution is 6.33. The number of nitrogens with one attached hydrogen (secondary N) is 1. The molecule has 0 radical (unpaired) electrons. The van der Waals surface area contributed by atoms with Gasteiger partial charge in [-0.1, -0.05) is 24.3 Å². The molecular formula is C19H14N4O2. The quantitative estimate of drug-likeness (QED) is 0.578. The molecule has 0 fully saturated rings. The van der Waals surface area contributed by atoms with Crippen LogP contribution >= 0.6 is 0 Å². The summed E-state index contributed by atoms with van der Waals surface area (Å²) in [5.74, 6) is -0.887. The molecule has 6 heteroatoms. The Bertz CT molecular complexity index is 1000. The zero-order chi connectivity index (χ0) is 17.4. The van der Waals surface area contributed by atoms with Crippen molar-refractivity contribution < 1.29 is 9.59 Å². The van der Waals surface area contributed by atoms with Gasteiger partial charge in [0.25, 0.3) is 11.8 Å². The van der Waals surface area contributed by atoms with Gasteiger partial charge >= 0.3 is 0 Å². The van der Waals surface area contributed by atoms with Crippen LogP contribution in [0, 0.1) is 6.92 Å². The zero-order valence-corrected chi connectivity index (χ0v) is 13.4. The van der Waals surface area contributed by atoms with Crippen LogP contribution in [0.25, 0.3) is 17.3 Å². The Labute approximate surface area is 143 Å². The largest absolute Gasteiger partial charge is 0.288 e. The maximum Gasteiger partial charge on any atom is 0.262 e. The highest BCUT2D eigenvalue weighted by Crippen LogP contribution is 2.28. The molecule has 1 N–H and O–H groups in total. The zero-order valence-electron chi connectivity index (χ0n) is 13.4. The predicted molar refractivity (Wildman–Crippen MR) is 92.9 cm³/mol. The fraction of sp³-hybridized carbons (Fsp3) is 0.0526. The van der Waals surface area contributed by atoms with Crippen LogP contribution in [-0.4, -0.2) is 26.6 Å².